The molecule has 1 saturated heterocycles. The number of benzene rings is 2. The molecule has 1 aliphatic rings. The van der Waals surface area contributed by atoms with E-state index in [2.05, 4.69) is 9.88 Å². The number of halogens is 1. The number of hydrogen-bond donors (Lipinski definition) is 1. The maximum atomic E-state index is 11.2. The number of rotatable bonds is 6. The van der Waals surface area contributed by atoms with Gasteiger partial charge in [-0.25, -0.2) is 9.78 Å². The number of piperidine rings is 1. The number of carbonyl (C=O) groups is 1. The number of oxazole rings is 1. The second-order valence-corrected chi connectivity index (χ2v) is 7.92. The lowest BCUT2D eigenvalue weighted by Crippen LogP contribution is -2.34. The number of aromatic nitrogens is 1. The average Bonchev–Trinajstić information content (AvgIpc) is 3.19. The van der Waals surface area contributed by atoms with Crippen LogP contribution in [-0.4, -0.2) is 34.0 Å². The van der Waals surface area contributed by atoms with E-state index in [0.717, 1.165) is 60.3 Å². The van der Waals surface area contributed by atoms with Crippen molar-refractivity contribution < 1.29 is 14.3 Å². The van der Waals surface area contributed by atoms with Crippen LogP contribution >= 0.6 is 11.6 Å². The van der Waals surface area contributed by atoms with Crippen LogP contribution in [-0.2, 0) is 13.0 Å². The zero-order valence-corrected chi connectivity index (χ0v) is 16.8. The first-order valence-corrected chi connectivity index (χ1v) is 10.2. The van der Waals surface area contributed by atoms with Crippen LogP contribution in [0.4, 0.5) is 0 Å². The van der Waals surface area contributed by atoms with E-state index in [1.165, 1.54) is 0 Å². The zero-order valence-electron chi connectivity index (χ0n) is 16.1. The monoisotopic (exact) mass is 410 g/mol. The van der Waals surface area contributed by atoms with Crippen molar-refractivity contribution in [3.63, 3.8) is 0 Å². The Bertz CT molecular complexity index is 1000. The molecule has 0 bridgehead atoms. The van der Waals surface area contributed by atoms with Crippen molar-refractivity contribution in [2.75, 3.05) is 13.1 Å². The Morgan fingerprint density at radius 3 is 2.93 bits per heavy atom. The van der Waals surface area contributed by atoms with E-state index in [9.17, 15) is 9.90 Å². The van der Waals surface area contributed by atoms with Gasteiger partial charge in [0.1, 0.15) is 5.76 Å². The van der Waals surface area contributed by atoms with Gasteiger partial charge in [-0.2, -0.15) is 0 Å². The number of likely N-dealkylation sites (tertiary alicyclic amines) is 1. The highest BCUT2D eigenvalue weighted by atomic mass is 35.5. The third kappa shape index (κ3) is 4.86. The summed E-state index contributed by atoms with van der Waals surface area (Å²) < 4.78 is 6.06. The lowest BCUT2D eigenvalue weighted by molar-refractivity contribution is 0.0696. The third-order valence-electron chi connectivity index (χ3n) is 5.33. The number of aromatic carboxylic acids is 1. The summed E-state index contributed by atoms with van der Waals surface area (Å²) in [5, 5.41) is 9.92. The van der Waals surface area contributed by atoms with Crippen LogP contribution in [0.2, 0.25) is 5.02 Å². The maximum Gasteiger partial charge on any atom is 0.335 e. The van der Waals surface area contributed by atoms with E-state index in [0.29, 0.717) is 12.0 Å². The highest BCUT2D eigenvalue weighted by Crippen LogP contribution is 2.29. The van der Waals surface area contributed by atoms with E-state index in [4.69, 9.17) is 16.0 Å². The molecule has 0 saturated carbocycles. The SMILES string of the molecule is O=C(O)c1cccc(CN2CCC[C@H](c3ncc(Cc4ccccc4Cl)o3)C2)c1. The summed E-state index contributed by atoms with van der Waals surface area (Å²) in [5.74, 6) is 0.941. The molecule has 1 aromatic heterocycles. The Labute approximate surface area is 174 Å². The molecule has 1 N–H and O–H groups in total. The average molecular weight is 411 g/mol. The predicted octanol–water partition coefficient (Wildman–Crippen LogP) is 5.00. The summed E-state index contributed by atoms with van der Waals surface area (Å²) in [6, 6.07) is 14.9. The smallest absolute Gasteiger partial charge is 0.335 e. The summed E-state index contributed by atoms with van der Waals surface area (Å²) in [7, 11) is 0. The third-order valence-corrected chi connectivity index (χ3v) is 5.70. The van der Waals surface area contributed by atoms with Crippen molar-refractivity contribution in [3.8, 4) is 0 Å². The Morgan fingerprint density at radius 2 is 2.10 bits per heavy atom. The summed E-state index contributed by atoms with van der Waals surface area (Å²) in [6.45, 7) is 2.56. The fourth-order valence-corrected chi connectivity index (χ4v) is 4.09. The second-order valence-electron chi connectivity index (χ2n) is 7.51. The standard InChI is InChI=1S/C23H23ClN2O3/c24-21-9-2-1-6-17(21)12-20-13-25-22(29-20)19-8-4-10-26(15-19)14-16-5-3-7-18(11-16)23(27)28/h1-3,5-7,9,11,13,19H,4,8,10,12,14-15H2,(H,27,28)/t19-/m0/s1. The number of carboxylic acid groups (broad SMARTS) is 1. The van der Waals surface area contributed by atoms with Gasteiger partial charge in [-0.3, -0.25) is 4.90 Å². The molecule has 0 spiro atoms. The summed E-state index contributed by atoms with van der Waals surface area (Å²) >= 11 is 6.25. The van der Waals surface area contributed by atoms with Gasteiger partial charge in [-0.15, -0.1) is 0 Å². The molecule has 3 aromatic rings. The van der Waals surface area contributed by atoms with Crippen LogP contribution < -0.4 is 0 Å². The lowest BCUT2D eigenvalue weighted by Gasteiger charge is -2.31. The largest absolute Gasteiger partial charge is 0.478 e. The first kappa shape index (κ1) is 19.7. The quantitative estimate of drug-likeness (QED) is 0.619. The molecule has 4 rings (SSSR count). The summed E-state index contributed by atoms with van der Waals surface area (Å²) in [6.07, 6.45) is 4.53. The molecule has 1 aliphatic heterocycles. The first-order valence-electron chi connectivity index (χ1n) is 9.81. The van der Waals surface area contributed by atoms with Gasteiger partial charge in [0.05, 0.1) is 11.8 Å². The van der Waals surface area contributed by atoms with Crippen molar-refractivity contribution in [3.05, 3.63) is 88.1 Å². The van der Waals surface area contributed by atoms with Gasteiger partial charge in [-0.05, 0) is 48.7 Å². The van der Waals surface area contributed by atoms with Crippen LogP contribution in [0, 0.1) is 0 Å². The number of hydrogen-bond acceptors (Lipinski definition) is 4. The molecule has 6 heteroatoms. The normalized spacial score (nSPS) is 17.3. The molecule has 29 heavy (non-hydrogen) atoms. The van der Waals surface area contributed by atoms with E-state index >= 15 is 0 Å². The summed E-state index contributed by atoms with van der Waals surface area (Å²) in [5.41, 5.74) is 2.37. The molecular formula is C23H23ClN2O3. The van der Waals surface area contributed by atoms with Crippen molar-refractivity contribution >= 4 is 17.6 Å². The first-order chi connectivity index (χ1) is 14.1. The molecule has 0 unspecified atom stereocenters. The molecular weight excluding hydrogens is 388 g/mol. The molecule has 2 heterocycles. The molecule has 1 atom stereocenters. The van der Waals surface area contributed by atoms with Gasteiger partial charge < -0.3 is 9.52 Å². The molecule has 0 amide bonds. The van der Waals surface area contributed by atoms with Gasteiger partial charge in [0.2, 0.25) is 0 Å². The molecule has 1 fully saturated rings. The van der Waals surface area contributed by atoms with Crippen molar-refractivity contribution in [1.29, 1.82) is 0 Å². The Kier molecular flexibility index (Phi) is 5.97. The minimum absolute atomic E-state index is 0.242. The van der Waals surface area contributed by atoms with Crippen LogP contribution in [0.3, 0.4) is 0 Å². The van der Waals surface area contributed by atoms with Crippen molar-refractivity contribution in [1.82, 2.24) is 9.88 Å². The van der Waals surface area contributed by atoms with Crippen LogP contribution in [0.25, 0.3) is 0 Å². The molecule has 150 valence electrons. The number of carboxylic acids is 1. The second kappa shape index (κ2) is 8.80. The molecule has 2 aromatic carbocycles. The molecule has 5 nitrogen and oxygen atoms in total. The predicted molar refractivity (Wildman–Crippen MR) is 111 cm³/mol. The van der Waals surface area contributed by atoms with Crippen molar-refractivity contribution in [2.45, 2.75) is 31.7 Å². The fraction of sp³-hybridized carbons (Fsp3) is 0.304. The molecule has 0 aliphatic carbocycles. The summed E-state index contributed by atoms with van der Waals surface area (Å²) in [4.78, 5) is 18.1. The molecule has 0 radical (unpaired) electrons. The van der Waals surface area contributed by atoms with Crippen LogP contribution in [0.15, 0.2) is 59.1 Å². The lowest BCUT2D eigenvalue weighted by atomic mass is 9.97. The van der Waals surface area contributed by atoms with Gasteiger partial charge in [0.25, 0.3) is 0 Å². The van der Waals surface area contributed by atoms with Crippen LogP contribution in [0.5, 0.6) is 0 Å². The van der Waals surface area contributed by atoms with Gasteiger partial charge in [-0.1, -0.05) is 41.9 Å². The van der Waals surface area contributed by atoms with E-state index < -0.39 is 5.97 Å². The van der Waals surface area contributed by atoms with Crippen molar-refractivity contribution in [2.24, 2.45) is 0 Å². The minimum atomic E-state index is -0.894. The Morgan fingerprint density at radius 1 is 1.24 bits per heavy atom. The van der Waals surface area contributed by atoms with Crippen LogP contribution in [0.1, 0.15) is 51.9 Å². The van der Waals surface area contributed by atoms with Gasteiger partial charge >= 0.3 is 5.97 Å². The van der Waals surface area contributed by atoms with Gasteiger partial charge in [0.15, 0.2) is 5.89 Å². The minimum Gasteiger partial charge on any atom is -0.478 e. The Balaban J connectivity index is 1.41. The van der Waals surface area contributed by atoms with E-state index in [-0.39, 0.29) is 5.92 Å². The number of nitrogens with zero attached hydrogens (tertiary/aromatic N) is 2. The van der Waals surface area contributed by atoms with E-state index in [1.54, 1.807) is 24.4 Å². The topological polar surface area (TPSA) is 66.6 Å². The zero-order chi connectivity index (χ0) is 20.2. The highest BCUT2D eigenvalue weighted by molar-refractivity contribution is 6.31. The highest BCUT2D eigenvalue weighted by Gasteiger charge is 2.25. The Hall–Kier alpha value is -2.63. The maximum absolute atomic E-state index is 11.2. The fourth-order valence-electron chi connectivity index (χ4n) is 3.88. The van der Waals surface area contributed by atoms with E-state index in [1.807, 2.05) is 30.3 Å². The van der Waals surface area contributed by atoms with Gasteiger partial charge in [0, 0.05) is 30.5 Å².